The fourth-order valence-electron chi connectivity index (χ4n) is 2.74. The lowest BCUT2D eigenvalue weighted by molar-refractivity contribution is -0.0244. The van der Waals surface area contributed by atoms with Crippen LogP contribution < -0.4 is 5.32 Å². The Morgan fingerprint density at radius 1 is 1.43 bits per heavy atom. The first-order valence-corrected chi connectivity index (χ1v) is 8.46. The maximum Gasteiger partial charge on any atom is 0.183 e. The van der Waals surface area contributed by atoms with Gasteiger partial charge < -0.3 is 10.1 Å². The molecule has 0 bridgehead atoms. The van der Waals surface area contributed by atoms with Gasteiger partial charge in [0.2, 0.25) is 0 Å². The third-order valence-electron chi connectivity index (χ3n) is 3.62. The van der Waals surface area contributed by atoms with Gasteiger partial charge >= 0.3 is 0 Å². The first-order chi connectivity index (χ1) is 10.2. The van der Waals surface area contributed by atoms with Crippen LogP contribution in [0.15, 0.2) is 24.3 Å². The Balaban J connectivity index is 1.54. The van der Waals surface area contributed by atoms with Crippen molar-refractivity contribution in [2.24, 2.45) is 5.92 Å². The number of benzene rings is 1. The first kappa shape index (κ1) is 14.8. The highest BCUT2D eigenvalue weighted by atomic mass is 32.1. The zero-order chi connectivity index (χ0) is 14.7. The van der Waals surface area contributed by atoms with Gasteiger partial charge in [0.05, 0.1) is 22.9 Å². The van der Waals surface area contributed by atoms with E-state index >= 15 is 0 Å². The molecular weight excluding hydrogens is 282 g/mol. The molecule has 0 aliphatic carbocycles. The Labute approximate surface area is 130 Å². The first-order valence-electron chi connectivity index (χ1n) is 7.64. The molecule has 0 radical (unpaired) electrons. The summed E-state index contributed by atoms with van der Waals surface area (Å²) in [6.45, 7) is 9.41. The summed E-state index contributed by atoms with van der Waals surface area (Å²) < 4.78 is 7.09. The lowest BCUT2D eigenvalue weighted by Crippen LogP contribution is -2.46. The van der Waals surface area contributed by atoms with Crippen molar-refractivity contribution in [2.75, 3.05) is 38.1 Å². The zero-order valence-electron chi connectivity index (χ0n) is 12.7. The van der Waals surface area contributed by atoms with E-state index in [2.05, 4.69) is 47.2 Å². The minimum absolute atomic E-state index is 0.254. The van der Waals surface area contributed by atoms with E-state index in [-0.39, 0.29) is 6.10 Å². The van der Waals surface area contributed by atoms with Crippen LogP contribution in [0.25, 0.3) is 10.2 Å². The van der Waals surface area contributed by atoms with Crippen molar-refractivity contribution in [3.63, 3.8) is 0 Å². The van der Waals surface area contributed by atoms with Crippen LogP contribution in [-0.2, 0) is 4.74 Å². The predicted octanol–water partition coefficient (Wildman–Crippen LogP) is 3.07. The molecule has 1 aromatic carbocycles. The average Bonchev–Trinajstić information content (AvgIpc) is 2.87. The van der Waals surface area contributed by atoms with E-state index in [1.807, 2.05) is 6.07 Å². The van der Waals surface area contributed by atoms with E-state index in [0.29, 0.717) is 5.92 Å². The van der Waals surface area contributed by atoms with Crippen molar-refractivity contribution < 1.29 is 4.74 Å². The summed E-state index contributed by atoms with van der Waals surface area (Å²) in [5.74, 6) is 0.709. The molecule has 2 heterocycles. The maximum atomic E-state index is 5.86. The minimum atomic E-state index is 0.254. The van der Waals surface area contributed by atoms with E-state index in [1.165, 1.54) is 4.70 Å². The molecule has 2 aromatic rings. The number of morpholine rings is 1. The highest BCUT2D eigenvalue weighted by Gasteiger charge is 2.21. The number of hydrogen-bond acceptors (Lipinski definition) is 5. The van der Waals surface area contributed by atoms with Gasteiger partial charge in [-0.2, -0.15) is 0 Å². The lowest BCUT2D eigenvalue weighted by Gasteiger charge is -2.33. The summed E-state index contributed by atoms with van der Waals surface area (Å²) in [7, 11) is 0. The highest BCUT2D eigenvalue weighted by Crippen LogP contribution is 2.25. The second kappa shape index (κ2) is 6.73. The van der Waals surface area contributed by atoms with Gasteiger partial charge in [0.15, 0.2) is 5.13 Å². The van der Waals surface area contributed by atoms with Gasteiger partial charge in [0, 0.05) is 26.2 Å². The second-order valence-corrected chi connectivity index (χ2v) is 7.04. The van der Waals surface area contributed by atoms with Crippen LogP contribution in [0.3, 0.4) is 0 Å². The number of aromatic nitrogens is 1. The van der Waals surface area contributed by atoms with E-state index in [1.54, 1.807) is 11.3 Å². The number of nitrogens with one attached hydrogen (secondary N) is 1. The van der Waals surface area contributed by atoms with Crippen LogP contribution in [0.2, 0.25) is 0 Å². The molecule has 1 atom stereocenters. The third-order valence-corrected chi connectivity index (χ3v) is 4.62. The third kappa shape index (κ3) is 3.93. The summed E-state index contributed by atoms with van der Waals surface area (Å²) in [5.41, 5.74) is 1.07. The average molecular weight is 305 g/mol. The van der Waals surface area contributed by atoms with Crippen molar-refractivity contribution in [3.8, 4) is 0 Å². The van der Waals surface area contributed by atoms with Gasteiger partial charge in [-0.05, 0) is 18.1 Å². The number of rotatable bonds is 5. The molecule has 1 aromatic heterocycles. The summed E-state index contributed by atoms with van der Waals surface area (Å²) in [5, 5.41) is 4.42. The topological polar surface area (TPSA) is 37.4 Å². The van der Waals surface area contributed by atoms with Gasteiger partial charge in [-0.15, -0.1) is 0 Å². The SMILES string of the molecule is CC(C)CN1CCOC(CNc2nc3ccccc3s2)C1. The molecule has 0 spiro atoms. The van der Waals surface area contributed by atoms with Gasteiger partial charge in [0.1, 0.15) is 0 Å². The molecule has 1 saturated heterocycles. The number of thiazole rings is 1. The molecule has 1 aliphatic heterocycles. The fraction of sp³-hybridized carbons (Fsp3) is 0.562. The summed E-state index contributed by atoms with van der Waals surface area (Å²) >= 11 is 1.71. The van der Waals surface area contributed by atoms with Crippen molar-refractivity contribution in [1.82, 2.24) is 9.88 Å². The quantitative estimate of drug-likeness (QED) is 0.921. The maximum absolute atomic E-state index is 5.86. The van der Waals surface area contributed by atoms with Crippen LogP contribution in [-0.4, -0.2) is 48.8 Å². The normalized spacial score (nSPS) is 20.2. The number of ether oxygens (including phenoxy) is 1. The number of anilines is 1. The zero-order valence-corrected chi connectivity index (χ0v) is 13.5. The summed E-state index contributed by atoms with van der Waals surface area (Å²) in [6, 6.07) is 8.25. The Morgan fingerprint density at radius 2 is 2.29 bits per heavy atom. The predicted molar refractivity (Wildman–Crippen MR) is 89.1 cm³/mol. The molecular formula is C16H23N3OS. The van der Waals surface area contributed by atoms with Crippen LogP contribution in [0.1, 0.15) is 13.8 Å². The van der Waals surface area contributed by atoms with E-state index < -0.39 is 0 Å². The van der Waals surface area contributed by atoms with E-state index in [4.69, 9.17) is 4.74 Å². The molecule has 3 rings (SSSR count). The summed E-state index contributed by atoms with van der Waals surface area (Å²) in [6.07, 6.45) is 0.254. The van der Waals surface area contributed by atoms with Crippen LogP contribution >= 0.6 is 11.3 Å². The van der Waals surface area contributed by atoms with Crippen LogP contribution in [0.4, 0.5) is 5.13 Å². The molecule has 114 valence electrons. The number of fused-ring (bicyclic) bond motifs is 1. The van der Waals surface area contributed by atoms with Crippen LogP contribution in [0, 0.1) is 5.92 Å². The molecule has 1 unspecified atom stereocenters. The lowest BCUT2D eigenvalue weighted by atomic mass is 10.2. The number of nitrogens with zero attached hydrogens (tertiary/aromatic N) is 2. The minimum Gasteiger partial charge on any atom is -0.374 e. The largest absolute Gasteiger partial charge is 0.374 e. The standard InChI is InChI=1S/C16H23N3OS/c1-12(2)10-19-7-8-20-13(11-19)9-17-16-18-14-5-3-4-6-15(14)21-16/h3-6,12-13H,7-11H2,1-2H3,(H,17,18). The second-order valence-electron chi connectivity index (χ2n) is 6.01. The summed E-state index contributed by atoms with van der Waals surface area (Å²) in [4.78, 5) is 7.10. The van der Waals surface area contributed by atoms with Crippen molar-refractivity contribution in [2.45, 2.75) is 20.0 Å². The molecule has 4 nitrogen and oxygen atoms in total. The van der Waals surface area contributed by atoms with Crippen molar-refractivity contribution in [1.29, 1.82) is 0 Å². The molecule has 1 aliphatic rings. The van der Waals surface area contributed by atoms with Gasteiger partial charge in [-0.25, -0.2) is 4.98 Å². The Kier molecular flexibility index (Phi) is 4.73. The number of para-hydroxylation sites is 1. The van der Waals surface area contributed by atoms with Crippen molar-refractivity contribution in [3.05, 3.63) is 24.3 Å². The highest BCUT2D eigenvalue weighted by molar-refractivity contribution is 7.22. The Bertz CT molecular complexity index is 551. The van der Waals surface area contributed by atoms with Gasteiger partial charge in [0.25, 0.3) is 0 Å². The van der Waals surface area contributed by atoms with E-state index in [9.17, 15) is 0 Å². The van der Waals surface area contributed by atoms with Gasteiger partial charge in [-0.1, -0.05) is 37.3 Å². The van der Waals surface area contributed by atoms with Gasteiger partial charge in [-0.3, -0.25) is 4.90 Å². The monoisotopic (exact) mass is 305 g/mol. The Morgan fingerprint density at radius 3 is 3.10 bits per heavy atom. The number of hydrogen-bond donors (Lipinski definition) is 1. The molecule has 0 amide bonds. The molecule has 1 fully saturated rings. The Hall–Kier alpha value is -1.17. The van der Waals surface area contributed by atoms with Crippen LogP contribution in [0.5, 0.6) is 0 Å². The fourth-order valence-corrected chi connectivity index (χ4v) is 3.61. The van der Waals surface area contributed by atoms with E-state index in [0.717, 1.165) is 43.4 Å². The smallest absolute Gasteiger partial charge is 0.183 e. The van der Waals surface area contributed by atoms with Crippen molar-refractivity contribution >= 4 is 26.7 Å². The molecule has 1 N–H and O–H groups in total. The molecule has 5 heteroatoms. The molecule has 21 heavy (non-hydrogen) atoms. The molecule has 0 saturated carbocycles.